The number of aryl methyl sites for hydroxylation is 1. The van der Waals surface area contributed by atoms with E-state index in [-0.39, 0.29) is 18.0 Å². The largest absolute Gasteiger partial charge is 0.494 e. The van der Waals surface area contributed by atoms with Crippen molar-refractivity contribution in [2.24, 2.45) is 12.0 Å². The topological polar surface area (TPSA) is 94.5 Å². The minimum absolute atomic E-state index is 0.0405. The van der Waals surface area contributed by atoms with Crippen molar-refractivity contribution in [3.63, 3.8) is 0 Å². The van der Waals surface area contributed by atoms with Crippen LogP contribution >= 0.6 is 0 Å². The Morgan fingerprint density at radius 3 is 2.69 bits per heavy atom. The number of nitrogens with zero attached hydrogens (tertiary/aromatic N) is 7. The van der Waals surface area contributed by atoms with Crippen LogP contribution in [0.5, 0.6) is 5.75 Å². The summed E-state index contributed by atoms with van der Waals surface area (Å²) in [6, 6.07) is 12.5. The Kier molecular flexibility index (Phi) is 6.08. The Labute approximate surface area is 205 Å². The van der Waals surface area contributed by atoms with Gasteiger partial charge in [0, 0.05) is 13.5 Å². The fourth-order valence-corrected chi connectivity index (χ4v) is 4.09. The summed E-state index contributed by atoms with van der Waals surface area (Å²) in [5.41, 5.74) is 3.68. The van der Waals surface area contributed by atoms with E-state index in [1.807, 2.05) is 18.2 Å². The van der Waals surface area contributed by atoms with E-state index in [0.717, 1.165) is 0 Å². The molecule has 11 heteroatoms. The van der Waals surface area contributed by atoms with Gasteiger partial charge in [0.15, 0.2) is 11.6 Å². The van der Waals surface area contributed by atoms with E-state index in [0.29, 0.717) is 57.7 Å². The quantitative estimate of drug-likeness (QED) is 0.367. The highest BCUT2D eigenvalue weighted by Gasteiger charge is 2.27. The minimum atomic E-state index is -2.68. The molecule has 9 nitrogen and oxygen atoms in total. The predicted octanol–water partition coefficient (Wildman–Crippen LogP) is 5.06. The third-order valence-electron chi connectivity index (χ3n) is 5.68. The lowest BCUT2D eigenvalue weighted by molar-refractivity contribution is 0.224. The number of halogens is 2. The van der Waals surface area contributed by atoms with Crippen molar-refractivity contribution in [3.05, 3.63) is 77.3 Å². The number of nitrogens with one attached hydrogen (secondary N) is 1. The first kappa shape index (κ1) is 23.0. The zero-order valence-corrected chi connectivity index (χ0v) is 19.4. The number of hydrogen-bond acceptors (Lipinski definition) is 7. The Hall–Kier alpha value is -4.72. The normalized spacial score (nSPS) is 12.3. The van der Waals surface area contributed by atoms with Gasteiger partial charge in [0.25, 0.3) is 12.2 Å². The second-order valence-electron chi connectivity index (χ2n) is 8.03. The molecule has 0 unspecified atom stereocenters. The van der Waals surface area contributed by atoms with Crippen molar-refractivity contribution in [3.8, 4) is 17.1 Å². The van der Waals surface area contributed by atoms with Crippen molar-refractivity contribution < 1.29 is 13.5 Å². The number of hydrogen-bond donors (Lipinski definition) is 1. The average Bonchev–Trinajstić information content (AvgIpc) is 3.50. The molecule has 0 saturated heterocycles. The fourth-order valence-electron chi connectivity index (χ4n) is 4.09. The Morgan fingerprint density at radius 2 is 1.97 bits per heavy atom. The highest BCUT2D eigenvalue weighted by Crippen LogP contribution is 2.41. The van der Waals surface area contributed by atoms with Gasteiger partial charge >= 0.3 is 0 Å². The van der Waals surface area contributed by atoms with E-state index in [1.54, 1.807) is 43.1 Å². The highest BCUT2D eigenvalue weighted by atomic mass is 19.3. The molecule has 5 rings (SSSR count). The van der Waals surface area contributed by atoms with Crippen LogP contribution in [0.25, 0.3) is 16.2 Å². The molecule has 1 aliphatic rings. The molecule has 1 aromatic carbocycles. The SMILES string of the molecule is [C-]#[N+]c1cccc(Cc2cc(Nc3cccc(-c4ncnn4C)c3OC)c3c(n2)CC(C(F)F)=N3)n1. The minimum Gasteiger partial charge on any atom is -0.494 e. The summed E-state index contributed by atoms with van der Waals surface area (Å²) in [5.74, 6) is 1.41. The first-order valence-corrected chi connectivity index (χ1v) is 11.0. The average molecular weight is 486 g/mol. The Bertz CT molecular complexity index is 1520. The molecule has 0 bridgehead atoms. The monoisotopic (exact) mass is 486 g/mol. The van der Waals surface area contributed by atoms with Gasteiger partial charge in [-0.25, -0.2) is 23.4 Å². The number of alkyl halides is 2. The molecule has 0 spiro atoms. The number of rotatable bonds is 7. The van der Waals surface area contributed by atoms with Crippen LogP contribution in [0.1, 0.15) is 17.1 Å². The van der Waals surface area contributed by atoms with Gasteiger partial charge in [-0.1, -0.05) is 18.7 Å². The number of fused-ring (bicyclic) bond motifs is 1. The van der Waals surface area contributed by atoms with Crippen LogP contribution in [0.4, 0.5) is 31.7 Å². The van der Waals surface area contributed by atoms with Gasteiger partial charge in [-0.2, -0.15) is 5.10 Å². The molecule has 1 N–H and O–H groups in total. The van der Waals surface area contributed by atoms with Crippen molar-refractivity contribution >= 4 is 28.6 Å². The third kappa shape index (κ3) is 4.36. The predicted molar refractivity (Wildman–Crippen MR) is 131 cm³/mol. The van der Waals surface area contributed by atoms with Crippen molar-refractivity contribution in [1.29, 1.82) is 0 Å². The van der Waals surface area contributed by atoms with Gasteiger partial charge in [-0.05, 0) is 30.3 Å². The third-order valence-corrected chi connectivity index (χ3v) is 5.68. The van der Waals surface area contributed by atoms with Gasteiger partial charge < -0.3 is 14.9 Å². The van der Waals surface area contributed by atoms with Gasteiger partial charge in [-0.15, -0.1) is 4.98 Å². The van der Waals surface area contributed by atoms with Crippen molar-refractivity contribution in [1.82, 2.24) is 24.7 Å². The number of aliphatic imine (C=N–C) groups is 1. The second-order valence-corrected chi connectivity index (χ2v) is 8.03. The number of para-hydroxylation sites is 1. The Balaban J connectivity index is 1.57. The molecule has 0 amide bonds. The molecule has 3 aromatic heterocycles. The molecule has 0 radical (unpaired) electrons. The van der Waals surface area contributed by atoms with Gasteiger partial charge in [0.2, 0.25) is 0 Å². The summed E-state index contributed by atoms with van der Waals surface area (Å²) < 4.78 is 34.4. The van der Waals surface area contributed by atoms with E-state index in [2.05, 4.69) is 35.2 Å². The Morgan fingerprint density at radius 1 is 1.14 bits per heavy atom. The smallest absolute Gasteiger partial charge is 0.277 e. The molecular weight excluding hydrogens is 466 g/mol. The van der Waals surface area contributed by atoms with Crippen LogP contribution in [-0.4, -0.2) is 44.0 Å². The van der Waals surface area contributed by atoms with Crippen LogP contribution in [-0.2, 0) is 19.9 Å². The van der Waals surface area contributed by atoms with E-state index in [4.69, 9.17) is 11.3 Å². The molecule has 4 aromatic rings. The highest BCUT2D eigenvalue weighted by molar-refractivity contribution is 5.98. The van der Waals surface area contributed by atoms with Crippen LogP contribution < -0.4 is 10.1 Å². The van der Waals surface area contributed by atoms with Crippen LogP contribution in [0.3, 0.4) is 0 Å². The molecule has 0 atom stereocenters. The first-order valence-electron chi connectivity index (χ1n) is 11.0. The zero-order valence-electron chi connectivity index (χ0n) is 19.4. The van der Waals surface area contributed by atoms with E-state index in [1.165, 1.54) is 6.33 Å². The molecule has 180 valence electrons. The lowest BCUT2D eigenvalue weighted by atomic mass is 10.1. The maximum absolute atomic E-state index is 13.5. The van der Waals surface area contributed by atoms with Crippen LogP contribution in [0.2, 0.25) is 0 Å². The molecule has 0 fully saturated rings. The summed E-state index contributed by atoms with van der Waals surface area (Å²) in [6.07, 6.45) is -0.942. The van der Waals surface area contributed by atoms with E-state index < -0.39 is 6.43 Å². The second kappa shape index (κ2) is 9.50. The molecule has 1 aliphatic heterocycles. The number of pyridine rings is 2. The van der Waals surface area contributed by atoms with Gasteiger partial charge in [-0.3, -0.25) is 4.98 Å². The summed E-state index contributed by atoms with van der Waals surface area (Å²) in [6.45, 7) is 7.19. The molecule has 0 saturated carbocycles. The molecule has 0 aliphatic carbocycles. The van der Waals surface area contributed by atoms with Gasteiger partial charge in [0.05, 0.1) is 47.6 Å². The van der Waals surface area contributed by atoms with Crippen LogP contribution in [0, 0.1) is 6.57 Å². The zero-order chi connectivity index (χ0) is 25.2. The maximum Gasteiger partial charge on any atom is 0.277 e. The summed E-state index contributed by atoms with van der Waals surface area (Å²) in [5, 5.41) is 7.44. The lowest BCUT2D eigenvalue weighted by Gasteiger charge is -2.16. The number of anilines is 2. The molecule has 36 heavy (non-hydrogen) atoms. The van der Waals surface area contributed by atoms with E-state index >= 15 is 0 Å². The summed E-state index contributed by atoms with van der Waals surface area (Å²) >= 11 is 0. The van der Waals surface area contributed by atoms with Crippen molar-refractivity contribution in [2.45, 2.75) is 19.3 Å². The molecular formula is C25H20F2N8O. The lowest BCUT2D eigenvalue weighted by Crippen LogP contribution is -2.10. The molecule has 4 heterocycles. The summed E-state index contributed by atoms with van der Waals surface area (Å²) in [7, 11) is 3.33. The number of benzene rings is 1. The van der Waals surface area contributed by atoms with Crippen LogP contribution in [0.15, 0.2) is 53.8 Å². The number of aromatic nitrogens is 5. The number of methoxy groups -OCH3 is 1. The van der Waals surface area contributed by atoms with Gasteiger partial charge in [0.1, 0.15) is 17.7 Å². The fraction of sp³-hybridized carbons (Fsp3) is 0.200. The number of ether oxygens (including phenoxy) is 1. The van der Waals surface area contributed by atoms with Crippen molar-refractivity contribution in [2.75, 3.05) is 12.4 Å². The first-order chi connectivity index (χ1) is 17.5. The summed E-state index contributed by atoms with van der Waals surface area (Å²) in [4.78, 5) is 20.8. The maximum atomic E-state index is 13.5. The van der Waals surface area contributed by atoms with E-state index in [9.17, 15) is 8.78 Å². The standard InChI is InChI=1S/C25H20F2N8O/c1-28-21-9-4-6-14(32-21)10-15-11-18(22-19(31-15)12-20(34-22)24(26)27)33-17-8-5-7-16(23(17)36-3)25-29-13-30-35(25)2/h4-9,11,13,24H,10,12H2,2-3H3,(H,31,33).